The monoisotopic (exact) mass is 343 g/mol. The van der Waals surface area contributed by atoms with E-state index in [1.807, 2.05) is 22.7 Å². The molecular weight excluding hydrogens is 326 g/mol. The molecule has 2 rings (SSSR count). The summed E-state index contributed by atoms with van der Waals surface area (Å²) in [5, 5.41) is 3.60. The third-order valence-electron chi connectivity index (χ3n) is 2.86. The minimum Gasteiger partial charge on any atom is -0.309 e. The molecule has 0 saturated carbocycles. The number of aryl methyl sites for hydroxylation is 1. The molecule has 2 aromatic heterocycles. The van der Waals surface area contributed by atoms with Gasteiger partial charge in [0.2, 0.25) is 0 Å². The van der Waals surface area contributed by atoms with Gasteiger partial charge in [-0.1, -0.05) is 13.8 Å². The fourth-order valence-electron chi connectivity index (χ4n) is 1.95. The summed E-state index contributed by atoms with van der Waals surface area (Å²) in [6.07, 6.45) is 2.21. The van der Waals surface area contributed by atoms with Gasteiger partial charge in [-0.15, -0.1) is 22.7 Å². The lowest BCUT2D eigenvalue weighted by Gasteiger charge is -2.15. The smallest absolute Gasteiger partial charge is 0.0701 e. The predicted octanol–water partition coefficient (Wildman–Crippen LogP) is 5.03. The van der Waals surface area contributed by atoms with Crippen LogP contribution in [0.15, 0.2) is 28.1 Å². The highest BCUT2D eigenvalue weighted by molar-refractivity contribution is 9.11. The molecule has 0 amide bonds. The molecule has 0 aliphatic carbocycles. The summed E-state index contributed by atoms with van der Waals surface area (Å²) in [6, 6.07) is 9.34. The van der Waals surface area contributed by atoms with Crippen molar-refractivity contribution in [1.82, 2.24) is 5.32 Å². The van der Waals surface area contributed by atoms with Crippen molar-refractivity contribution in [2.45, 2.75) is 32.7 Å². The fraction of sp³-hybridized carbons (Fsp3) is 0.429. The van der Waals surface area contributed by atoms with Gasteiger partial charge in [-0.05, 0) is 53.2 Å². The van der Waals surface area contributed by atoms with E-state index in [1.54, 1.807) is 0 Å². The van der Waals surface area contributed by atoms with E-state index in [4.69, 9.17) is 0 Å². The van der Waals surface area contributed by atoms with Crippen LogP contribution in [-0.2, 0) is 12.8 Å². The van der Waals surface area contributed by atoms with Crippen LogP contribution in [-0.4, -0.2) is 6.54 Å². The van der Waals surface area contributed by atoms with Crippen molar-refractivity contribution in [1.29, 1.82) is 0 Å². The number of hydrogen-bond donors (Lipinski definition) is 1. The number of hydrogen-bond acceptors (Lipinski definition) is 3. The number of likely N-dealkylation sites (N-methyl/N-ethyl adjacent to an activating group) is 1. The summed E-state index contributed by atoms with van der Waals surface area (Å²) < 4.78 is 1.22. The van der Waals surface area contributed by atoms with E-state index in [-0.39, 0.29) is 0 Å². The van der Waals surface area contributed by atoms with Gasteiger partial charge >= 0.3 is 0 Å². The molecule has 1 nitrogen and oxygen atoms in total. The minimum atomic E-state index is 0.450. The van der Waals surface area contributed by atoms with Gasteiger partial charge in [0.15, 0.2) is 0 Å². The summed E-state index contributed by atoms with van der Waals surface area (Å²) in [5.41, 5.74) is 0. The maximum absolute atomic E-state index is 3.60. The second-order valence-electron chi connectivity index (χ2n) is 4.18. The number of rotatable bonds is 6. The van der Waals surface area contributed by atoms with Crippen LogP contribution in [0.4, 0.5) is 0 Å². The topological polar surface area (TPSA) is 12.0 Å². The lowest BCUT2D eigenvalue weighted by Crippen LogP contribution is -2.21. The largest absolute Gasteiger partial charge is 0.309 e. The standard InChI is InChI=1S/C14H18BrNS2/c1-3-10-5-7-13(17-10)12(16-4-2)9-11-6-8-14(15)18-11/h5-8,12,16H,3-4,9H2,1-2H3. The van der Waals surface area contributed by atoms with E-state index >= 15 is 0 Å². The van der Waals surface area contributed by atoms with Gasteiger partial charge in [0.25, 0.3) is 0 Å². The average Bonchev–Trinajstić information content (AvgIpc) is 2.97. The molecule has 0 bridgehead atoms. The van der Waals surface area contributed by atoms with Gasteiger partial charge in [0, 0.05) is 27.1 Å². The Morgan fingerprint density at radius 3 is 2.44 bits per heavy atom. The van der Waals surface area contributed by atoms with Crippen molar-refractivity contribution in [3.8, 4) is 0 Å². The van der Waals surface area contributed by atoms with Crippen molar-refractivity contribution >= 4 is 38.6 Å². The van der Waals surface area contributed by atoms with Gasteiger partial charge in [-0.2, -0.15) is 0 Å². The SMILES string of the molecule is CCNC(Cc1ccc(Br)s1)c1ccc(CC)s1. The van der Waals surface area contributed by atoms with E-state index in [0.29, 0.717) is 6.04 Å². The normalized spacial score (nSPS) is 12.8. The maximum Gasteiger partial charge on any atom is 0.0701 e. The maximum atomic E-state index is 3.60. The molecule has 0 aliphatic heterocycles. The number of halogens is 1. The van der Waals surface area contributed by atoms with Crippen molar-refractivity contribution < 1.29 is 0 Å². The first-order valence-electron chi connectivity index (χ1n) is 6.29. The van der Waals surface area contributed by atoms with Gasteiger partial charge in [-0.25, -0.2) is 0 Å². The molecule has 0 fully saturated rings. The highest BCUT2D eigenvalue weighted by Crippen LogP contribution is 2.30. The highest BCUT2D eigenvalue weighted by Gasteiger charge is 2.14. The zero-order chi connectivity index (χ0) is 13.0. The molecule has 0 aliphatic rings. The predicted molar refractivity (Wildman–Crippen MR) is 85.8 cm³/mol. The first-order valence-corrected chi connectivity index (χ1v) is 8.71. The lowest BCUT2D eigenvalue weighted by atomic mass is 10.1. The Morgan fingerprint density at radius 1 is 1.11 bits per heavy atom. The number of nitrogens with one attached hydrogen (secondary N) is 1. The minimum absolute atomic E-state index is 0.450. The molecule has 1 atom stereocenters. The van der Waals surface area contributed by atoms with Crippen molar-refractivity contribution in [3.05, 3.63) is 42.7 Å². The molecule has 0 aromatic carbocycles. The van der Waals surface area contributed by atoms with Gasteiger partial charge < -0.3 is 5.32 Å². The average molecular weight is 344 g/mol. The van der Waals surface area contributed by atoms with Gasteiger partial charge in [0.1, 0.15) is 0 Å². The second-order valence-corrected chi connectivity index (χ2v) is 7.93. The van der Waals surface area contributed by atoms with Crippen LogP contribution in [0, 0.1) is 0 Å². The van der Waals surface area contributed by atoms with E-state index in [2.05, 4.69) is 59.4 Å². The Kier molecular flexibility index (Phi) is 5.42. The van der Waals surface area contributed by atoms with Gasteiger partial charge in [0.05, 0.1) is 3.79 Å². The quantitative estimate of drug-likeness (QED) is 0.775. The van der Waals surface area contributed by atoms with E-state index in [0.717, 1.165) is 19.4 Å². The molecule has 2 heterocycles. The molecular formula is C14H18BrNS2. The molecule has 4 heteroatoms. The third kappa shape index (κ3) is 3.67. The zero-order valence-electron chi connectivity index (χ0n) is 10.7. The molecule has 2 aromatic rings. The summed E-state index contributed by atoms with van der Waals surface area (Å²) in [6.45, 7) is 5.40. The van der Waals surface area contributed by atoms with Crippen LogP contribution in [0.1, 0.15) is 34.5 Å². The molecule has 1 N–H and O–H groups in total. The van der Waals surface area contributed by atoms with E-state index in [9.17, 15) is 0 Å². The summed E-state index contributed by atoms with van der Waals surface area (Å²) in [7, 11) is 0. The van der Waals surface area contributed by atoms with Crippen molar-refractivity contribution in [2.24, 2.45) is 0 Å². The molecule has 0 saturated heterocycles. The number of thiophene rings is 2. The van der Waals surface area contributed by atoms with Crippen LogP contribution in [0.5, 0.6) is 0 Å². The Bertz CT molecular complexity index is 489. The Balaban J connectivity index is 2.12. The van der Waals surface area contributed by atoms with Crippen LogP contribution in [0.2, 0.25) is 0 Å². The first kappa shape index (κ1) is 14.3. The first-order chi connectivity index (χ1) is 8.72. The van der Waals surface area contributed by atoms with Crippen LogP contribution in [0.25, 0.3) is 0 Å². The van der Waals surface area contributed by atoms with Crippen LogP contribution < -0.4 is 5.32 Å². The summed E-state index contributed by atoms with van der Waals surface area (Å²) >= 11 is 7.30. The molecule has 0 radical (unpaired) electrons. The molecule has 0 spiro atoms. The molecule has 18 heavy (non-hydrogen) atoms. The zero-order valence-corrected chi connectivity index (χ0v) is 13.9. The second kappa shape index (κ2) is 6.85. The molecule has 1 unspecified atom stereocenters. The van der Waals surface area contributed by atoms with Gasteiger partial charge in [-0.3, -0.25) is 0 Å². The third-order valence-corrected chi connectivity index (χ3v) is 5.85. The Hall–Kier alpha value is -0.160. The Labute approximate surface area is 125 Å². The van der Waals surface area contributed by atoms with Crippen molar-refractivity contribution in [3.63, 3.8) is 0 Å². The summed E-state index contributed by atoms with van der Waals surface area (Å²) in [4.78, 5) is 4.36. The highest BCUT2D eigenvalue weighted by atomic mass is 79.9. The molecule has 98 valence electrons. The van der Waals surface area contributed by atoms with Crippen LogP contribution >= 0.6 is 38.6 Å². The van der Waals surface area contributed by atoms with Crippen molar-refractivity contribution in [2.75, 3.05) is 6.54 Å². The van der Waals surface area contributed by atoms with E-state index in [1.165, 1.54) is 18.4 Å². The lowest BCUT2D eigenvalue weighted by molar-refractivity contribution is 0.562. The van der Waals surface area contributed by atoms with Crippen LogP contribution in [0.3, 0.4) is 0 Å². The fourth-order valence-corrected chi connectivity index (χ4v) is 4.51. The van der Waals surface area contributed by atoms with E-state index < -0.39 is 0 Å². The summed E-state index contributed by atoms with van der Waals surface area (Å²) in [5.74, 6) is 0. The Morgan fingerprint density at radius 2 is 1.89 bits per heavy atom.